The van der Waals surface area contributed by atoms with Gasteiger partial charge in [0.25, 0.3) is 5.91 Å². The number of benzene rings is 1. The molecule has 1 amide bonds. The van der Waals surface area contributed by atoms with Gasteiger partial charge in [0.15, 0.2) is 5.69 Å². The van der Waals surface area contributed by atoms with E-state index in [0.717, 1.165) is 24.9 Å². The predicted molar refractivity (Wildman–Crippen MR) is 95.1 cm³/mol. The zero-order valence-corrected chi connectivity index (χ0v) is 13.7. The first-order valence-corrected chi connectivity index (χ1v) is 8.18. The summed E-state index contributed by atoms with van der Waals surface area (Å²) in [7, 11) is 0. The van der Waals surface area contributed by atoms with Crippen molar-refractivity contribution in [1.29, 1.82) is 0 Å². The van der Waals surface area contributed by atoms with Crippen LogP contribution in [0.1, 0.15) is 29.4 Å². The Morgan fingerprint density at radius 1 is 1.12 bits per heavy atom. The van der Waals surface area contributed by atoms with E-state index in [2.05, 4.69) is 37.9 Å². The lowest BCUT2D eigenvalue weighted by atomic mass is 10.1. The first kappa shape index (κ1) is 16.0. The summed E-state index contributed by atoms with van der Waals surface area (Å²) in [6, 6.07) is 11.7. The minimum atomic E-state index is -0.185. The summed E-state index contributed by atoms with van der Waals surface area (Å²) < 4.78 is 0. The molecule has 6 heteroatoms. The molecule has 0 saturated carbocycles. The lowest BCUT2D eigenvalue weighted by Crippen LogP contribution is -2.25. The first-order valence-electron chi connectivity index (χ1n) is 8.18. The normalized spacial score (nSPS) is 10.7. The molecule has 3 rings (SSSR count). The number of fused-ring (bicyclic) bond motifs is 1. The maximum Gasteiger partial charge on any atom is 0.271 e. The fraction of sp³-hybridized carbons (Fsp3) is 0.278. The molecule has 0 aliphatic carbocycles. The number of nitrogens with zero attached hydrogens (tertiary/aromatic N) is 2. The van der Waals surface area contributed by atoms with Gasteiger partial charge in [-0.3, -0.25) is 4.79 Å². The van der Waals surface area contributed by atoms with Gasteiger partial charge in [0.2, 0.25) is 0 Å². The van der Waals surface area contributed by atoms with Gasteiger partial charge in [0.05, 0.1) is 0 Å². The number of carbonyl (C=O) groups is 1. The van der Waals surface area contributed by atoms with Crippen molar-refractivity contribution >= 4 is 22.6 Å². The number of para-hydroxylation sites is 1. The van der Waals surface area contributed by atoms with Crippen molar-refractivity contribution in [3.63, 3.8) is 0 Å². The highest BCUT2D eigenvalue weighted by atomic mass is 16.1. The lowest BCUT2D eigenvalue weighted by Gasteiger charge is -2.06. The molecule has 0 aliphatic heterocycles. The summed E-state index contributed by atoms with van der Waals surface area (Å²) in [5.41, 5.74) is 2.75. The molecule has 124 valence electrons. The molecule has 0 spiro atoms. The van der Waals surface area contributed by atoms with Crippen LogP contribution in [0.5, 0.6) is 0 Å². The van der Waals surface area contributed by atoms with Crippen LogP contribution in [0.3, 0.4) is 0 Å². The van der Waals surface area contributed by atoms with Crippen LogP contribution in [0.2, 0.25) is 0 Å². The maximum absolute atomic E-state index is 11.8. The molecule has 0 radical (unpaired) electrons. The van der Waals surface area contributed by atoms with Crippen LogP contribution >= 0.6 is 0 Å². The lowest BCUT2D eigenvalue weighted by molar-refractivity contribution is 0.0947. The molecule has 0 saturated heterocycles. The molecule has 0 unspecified atom stereocenters. The van der Waals surface area contributed by atoms with Gasteiger partial charge in [0.1, 0.15) is 5.82 Å². The number of hydrogen-bond acceptors (Lipinski definition) is 4. The van der Waals surface area contributed by atoms with Gasteiger partial charge >= 0.3 is 0 Å². The Morgan fingerprint density at radius 3 is 2.79 bits per heavy atom. The fourth-order valence-corrected chi connectivity index (χ4v) is 2.54. The van der Waals surface area contributed by atoms with Crippen LogP contribution < -0.4 is 10.6 Å². The van der Waals surface area contributed by atoms with Gasteiger partial charge in [-0.1, -0.05) is 25.1 Å². The number of nitrogens with one attached hydrogen (secondary N) is 3. The number of aromatic amines is 1. The van der Waals surface area contributed by atoms with Crippen LogP contribution in [0.4, 0.5) is 5.82 Å². The largest absolute Gasteiger partial charge is 0.368 e. The van der Waals surface area contributed by atoms with Crippen molar-refractivity contribution in [2.24, 2.45) is 0 Å². The van der Waals surface area contributed by atoms with Gasteiger partial charge in [-0.25, -0.2) is 0 Å². The van der Waals surface area contributed by atoms with Crippen molar-refractivity contribution < 1.29 is 4.79 Å². The molecular weight excluding hydrogens is 302 g/mol. The fourth-order valence-electron chi connectivity index (χ4n) is 2.54. The summed E-state index contributed by atoms with van der Waals surface area (Å²) >= 11 is 0. The third kappa shape index (κ3) is 3.71. The molecule has 0 bridgehead atoms. The third-order valence-electron chi connectivity index (χ3n) is 3.81. The minimum absolute atomic E-state index is 0.185. The quantitative estimate of drug-likeness (QED) is 0.624. The van der Waals surface area contributed by atoms with Crippen LogP contribution in [-0.2, 0) is 6.42 Å². The number of carbonyl (C=O) groups excluding carboxylic acids is 1. The van der Waals surface area contributed by atoms with Gasteiger partial charge in [-0.15, -0.1) is 10.2 Å². The van der Waals surface area contributed by atoms with Crippen molar-refractivity contribution in [3.8, 4) is 0 Å². The van der Waals surface area contributed by atoms with Gasteiger partial charge in [0, 0.05) is 30.2 Å². The van der Waals surface area contributed by atoms with E-state index in [9.17, 15) is 4.79 Å². The van der Waals surface area contributed by atoms with E-state index in [0.29, 0.717) is 18.1 Å². The van der Waals surface area contributed by atoms with Crippen molar-refractivity contribution in [1.82, 2.24) is 20.5 Å². The number of aromatic nitrogens is 3. The number of rotatable bonds is 7. The average Bonchev–Trinajstić information content (AvgIpc) is 3.03. The Labute approximate surface area is 140 Å². The Kier molecular flexibility index (Phi) is 5.05. The molecule has 0 atom stereocenters. The SMILES string of the molecule is CCCNC(=O)c1ccc(NCCc2c[nH]c3ccccc23)nn1. The molecule has 3 aromatic rings. The molecule has 24 heavy (non-hydrogen) atoms. The van der Waals surface area contributed by atoms with E-state index in [4.69, 9.17) is 0 Å². The first-order chi connectivity index (χ1) is 11.8. The second-order valence-electron chi connectivity index (χ2n) is 5.60. The van der Waals surface area contributed by atoms with E-state index in [1.54, 1.807) is 12.1 Å². The number of anilines is 1. The summed E-state index contributed by atoms with van der Waals surface area (Å²) in [5, 5.41) is 15.3. The monoisotopic (exact) mass is 323 g/mol. The molecule has 0 aliphatic rings. The molecule has 2 heterocycles. The molecule has 6 nitrogen and oxygen atoms in total. The van der Waals surface area contributed by atoms with Crippen LogP contribution in [-0.4, -0.2) is 34.2 Å². The molecule has 1 aromatic carbocycles. The molecule has 3 N–H and O–H groups in total. The number of amides is 1. The summed E-state index contributed by atoms with van der Waals surface area (Å²) in [6.07, 6.45) is 3.82. The van der Waals surface area contributed by atoms with Gasteiger partial charge < -0.3 is 15.6 Å². The molecule has 0 fully saturated rings. The summed E-state index contributed by atoms with van der Waals surface area (Å²) in [6.45, 7) is 3.40. The van der Waals surface area contributed by atoms with Crippen molar-refractivity contribution in [2.45, 2.75) is 19.8 Å². The van der Waals surface area contributed by atoms with E-state index in [1.807, 2.05) is 25.3 Å². The summed E-state index contributed by atoms with van der Waals surface area (Å²) in [4.78, 5) is 15.0. The van der Waals surface area contributed by atoms with Crippen molar-refractivity contribution in [3.05, 3.63) is 53.9 Å². The highest BCUT2D eigenvalue weighted by Gasteiger charge is 2.07. The van der Waals surface area contributed by atoms with E-state index >= 15 is 0 Å². The molecular formula is C18H21N5O. The Balaban J connectivity index is 1.54. The Bertz CT molecular complexity index is 810. The van der Waals surface area contributed by atoms with Crippen LogP contribution in [0.15, 0.2) is 42.6 Å². The van der Waals surface area contributed by atoms with E-state index in [-0.39, 0.29) is 5.91 Å². The minimum Gasteiger partial charge on any atom is -0.368 e. The van der Waals surface area contributed by atoms with E-state index in [1.165, 1.54) is 10.9 Å². The standard InChI is InChI=1S/C18H21N5O/c1-2-10-20-18(24)16-7-8-17(23-22-16)19-11-9-13-12-21-15-6-4-3-5-14(13)15/h3-8,12,21H,2,9-11H2,1H3,(H,19,23)(H,20,24). The second kappa shape index (κ2) is 7.59. The van der Waals surface area contributed by atoms with Crippen LogP contribution in [0, 0.1) is 0 Å². The van der Waals surface area contributed by atoms with E-state index < -0.39 is 0 Å². The number of hydrogen-bond donors (Lipinski definition) is 3. The van der Waals surface area contributed by atoms with Gasteiger partial charge in [-0.05, 0) is 36.6 Å². The topological polar surface area (TPSA) is 82.7 Å². The third-order valence-corrected chi connectivity index (χ3v) is 3.81. The number of H-pyrrole nitrogens is 1. The Hall–Kier alpha value is -2.89. The Morgan fingerprint density at radius 2 is 2.00 bits per heavy atom. The van der Waals surface area contributed by atoms with Crippen LogP contribution in [0.25, 0.3) is 10.9 Å². The zero-order chi connectivity index (χ0) is 16.8. The molecule has 2 aromatic heterocycles. The summed E-state index contributed by atoms with van der Waals surface area (Å²) in [5.74, 6) is 0.483. The smallest absolute Gasteiger partial charge is 0.271 e. The van der Waals surface area contributed by atoms with Crippen molar-refractivity contribution in [2.75, 3.05) is 18.4 Å². The highest BCUT2D eigenvalue weighted by Crippen LogP contribution is 2.18. The van der Waals surface area contributed by atoms with Gasteiger partial charge in [-0.2, -0.15) is 0 Å². The second-order valence-corrected chi connectivity index (χ2v) is 5.60. The highest BCUT2D eigenvalue weighted by molar-refractivity contribution is 5.92. The average molecular weight is 323 g/mol. The maximum atomic E-state index is 11.8. The predicted octanol–water partition coefficient (Wildman–Crippen LogP) is 2.75. The zero-order valence-electron chi connectivity index (χ0n) is 13.7.